The molecule has 0 bridgehead atoms. The molecule has 20 heavy (non-hydrogen) atoms. The lowest BCUT2D eigenvalue weighted by atomic mass is 9.93. The van der Waals surface area contributed by atoms with E-state index in [9.17, 15) is 14.4 Å². The minimum atomic E-state index is -1.07. The second-order valence-corrected chi connectivity index (χ2v) is 4.82. The molecule has 0 fully saturated rings. The van der Waals surface area contributed by atoms with Crippen LogP contribution in [0.1, 0.15) is 21.6 Å². The number of nitrogens with one attached hydrogen (secondary N) is 1. The molecule has 1 aromatic heterocycles. The zero-order valence-corrected chi connectivity index (χ0v) is 11.2. The zero-order valence-electron chi connectivity index (χ0n) is 11.2. The van der Waals surface area contributed by atoms with Gasteiger partial charge in [0, 0.05) is 38.8 Å². The summed E-state index contributed by atoms with van der Waals surface area (Å²) in [5.41, 5.74) is 0.364. The van der Waals surface area contributed by atoms with Crippen LogP contribution in [0.2, 0.25) is 0 Å². The lowest BCUT2D eigenvalue weighted by Gasteiger charge is -2.33. The van der Waals surface area contributed by atoms with E-state index in [1.807, 2.05) is 0 Å². The summed E-state index contributed by atoms with van der Waals surface area (Å²) >= 11 is 0. The van der Waals surface area contributed by atoms with Gasteiger partial charge in [-0.3, -0.25) is 14.6 Å². The van der Waals surface area contributed by atoms with Crippen molar-refractivity contribution in [1.82, 2.24) is 15.2 Å². The second kappa shape index (κ2) is 4.92. The van der Waals surface area contributed by atoms with Crippen molar-refractivity contribution in [2.45, 2.75) is 18.4 Å². The Hall–Kier alpha value is -2.44. The standard InChI is InChI=1S/C13H15N3O4/c1-14-12(20)13(16(2)7-17)4-8-3-9(11(18)19)6-15-10(8)5-13/h3,6-7H,4-5H2,1-2H3,(H,14,20)(H,18,19). The molecule has 2 rings (SSSR count). The fourth-order valence-electron chi connectivity index (χ4n) is 2.53. The first-order chi connectivity index (χ1) is 9.44. The van der Waals surface area contributed by atoms with Crippen molar-refractivity contribution < 1.29 is 19.5 Å². The van der Waals surface area contributed by atoms with Crippen LogP contribution in [0.4, 0.5) is 0 Å². The van der Waals surface area contributed by atoms with Crippen molar-refractivity contribution in [3.05, 3.63) is 29.1 Å². The van der Waals surface area contributed by atoms with Gasteiger partial charge in [-0.05, 0) is 11.6 Å². The number of carboxylic acid groups (broad SMARTS) is 1. The van der Waals surface area contributed by atoms with Gasteiger partial charge in [-0.15, -0.1) is 0 Å². The molecule has 1 atom stereocenters. The molecular weight excluding hydrogens is 262 g/mol. The van der Waals surface area contributed by atoms with Crippen LogP contribution in [0, 0.1) is 0 Å². The maximum atomic E-state index is 12.2. The summed E-state index contributed by atoms with van der Waals surface area (Å²) in [4.78, 5) is 39.6. The maximum Gasteiger partial charge on any atom is 0.337 e. The summed E-state index contributed by atoms with van der Waals surface area (Å²) in [5.74, 6) is -1.36. The van der Waals surface area contributed by atoms with Crippen LogP contribution < -0.4 is 5.32 Å². The van der Waals surface area contributed by atoms with Gasteiger partial charge < -0.3 is 15.3 Å². The number of amides is 2. The molecule has 0 aliphatic heterocycles. The van der Waals surface area contributed by atoms with E-state index in [-0.39, 0.29) is 24.3 Å². The first kappa shape index (κ1) is 14.0. The van der Waals surface area contributed by atoms with Crippen LogP contribution in [0.3, 0.4) is 0 Å². The van der Waals surface area contributed by atoms with E-state index >= 15 is 0 Å². The topological polar surface area (TPSA) is 99.6 Å². The average Bonchev–Trinajstić information content (AvgIpc) is 2.84. The quantitative estimate of drug-likeness (QED) is 0.719. The van der Waals surface area contributed by atoms with Gasteiger partial charge in [0.1, 0.15) is 5.54 Å². The monoisotopic (exact) mass is 277 g/mol. The van der Waals surface area contributed by atoms with Crippen LogP contribution in [0.25, 0.3) is 0 Å². The van der Waals surface area contributed by atoms with Crippen LogP contribution >= 0.6 is 0 Å². The Kier molecular flexibility index (Phi) is 3.44. The molecule has 7 nitrogen and oxygen atoms in total. The molecule has 1 unspecified atom stereocenters. The lowest BCUT2D eigenvalue weighted by Crippen LogP contribution is -2.57. The first-order valence-electron chi connectivity index (χ1n) is 6.06. The molecule has 0 saturated heterocycles. The normalized spacial score (nSPS) is 20.1. The van der Waals surface area contributed by atoms with E-state index in [1.54, 1.807) is 0 Å². The summed E-state index contributed by atoms with van der Waals surface area (Å²) in [6, 6.07) is 1.51. The molecule has 2 N–H and O–H groups in total. The van der Waals surface area contributed by atoms with Gasteiger partial charge in [0.2, 0.25) is 12.3 Å². The largest absolute Gasteiger partial charge is 0.478 e. The number of carbonyl (C=O) groups is 3. The predicted molar refractivity (Wildman–Crippen MR) is 69.2 cm³/mol. The SMILES string of the molecule is CNC(=O)C1(N(C)C=O)Cc2cc(C(=O)O)cnc2C1. The Morgan fingerprint density at radius 3 is 2.75 bits per heavy atom. The second-order valence-electron chi connectivity index (χ2n) is 4.82. The molecule has 1 aromatic rings. The minimum absolute atomic E-state index is 0.0743. The van der Waals surface area contributed by atoms with Crippen molar-refractivity contribution in [2.24, 2.45) is 0 Å². The number of likely N-dealkylation sites (N-methyl/N-ethyl adjacent to an activating group) is 2. The van der Waals surface area contributed by atoms with Crippen molar-refractivity contribution in [3.63, 3.8) is 0 Å². The summed E-state index contributed by atoms with van der Waals surface area (Å²) in [6.45, 7) is 0. The lowest BCUT2D eigenvalue weighted by molar-refractivity contribution is -0.138. The smallest absolute Gasteiger partial charge is 0.337 e. The highest BCUT2D eigenvalue weighted by molar-refractivity contribution is 5.91. The van der Waals surface area contributed by atoms with Gasteiger partial charge in [0.15, 0.2) is 0 Å². The van der Waals surface area contributed by atoms with E-state index < -0.39 is 11.5 Å². The fraction of sp³-hybridized carbons (Fsp3) is 0.385. The van der Waals surface area contributed by atoms with Crippen LogP contribution in [-0.4, -0.2) is 52.9 Å². The van der Waals surface area contributed by atoms with Gasteiger partial charge in [0.05, 0.1) is 5.56 Å². The number of pyridine rings is 1. The molecule has 0 aromatic carbocycles. The van der Waals surface area contributed by atoms with E-state index in [1.165, 1.54) is 31.3 Å². The summed E-state index contributed by atoms with van der Waals surface area (Å²) < 4.78 is 0. The van der Waals surface area contributed by atoms with E-state index in [4.69, 9.17) is 5.11 Å². The third-order valence-corrected chi connectivity index (χ3v) is 3.73. The molecule has 0 spiro atoms. The summed E-state index contributed by atoms with van der Waals surface area (Å²) in [5, 5.41) is 11.5. The highest BCUT2D eigenvalue weighted by Gasteiger charge is 2.47. The number of hydrogen-bond donors (Lipinski definition) is 2. The maximum absolute atomic E-state index is 12.2. The van der Waals surface area contributed by atoms with E-state index in [2.05, 4.69) is 10.3 Å². The van der Waals surface area contributed by atoms with Crippen LogP contribution in [0.15, 0.2) is 12.3 Å². The van der Waals surface area contributed by atoms with Crippen LogP contribution in [-0.2, 0) is 22.4 Å². The van der Waals surface area contributed by atoms with Crippen LogP contribution in [0.5, 0.6) is 0 Å². The molecule has 1 aliphatic rings. The number of carbonyl (C=O) groups excluding carboxylic acids is 2. The third kappa shape index (κ3) is 2.01. The Bertz CT molecular complexity index is 587. The number of fused-ring (bicyclic) bond motifs is 1. The van der Waals surface area contributed by atoms with E-state index in [0.29, 0.717) is 17.7 Å². The average molecular weight is 277 g/mol. The number of nitrogens with zero attached hydrogens (tertiary/aromatic N) is 2. The highest BCUT2D eigenvalue weighted by Crippen LogP contribution is 2.33. The van der Waals surface area contributed by atoms with Gasteiger partial charge in [-0.2, -0.15) is 0 Å². The van der Waals surface area contributed by atoms with Gasteiger partial charge in [0.25, 0.3) is 0 Å². The Labute approximate surface area is 115 Å². The predicted octanol–water partition coefficient (Wildman–Crippen LogP) is -0.549. The van der Waals surface area contributed by atoms with Crippen molar-refractivity contribution in [1.29, 1.82) is 0 Å². The molecular formula is C13H15N3O4. The Morgan fingerprint density at radius 1 is 1.50 bits per heavy atom. The number of aromatic nitrogens is 1. The molecule has 0 radical (unpaired) electrons. The number of hydrogen-bond acceptors (Lipinski definition) is 4. The minimum Gasteiger partial charge on any atom is -0.478 e. The Morgan fingerprint density at radius 2 is 2.20 bits per heavy atom. The van der Waals surface area contributed by atoms with Crippen molar-refractivity contribution in [3.8, 4) is 0 Å². The molecule has 1 heterocycles. The zero-order chi connectivity index (χ0) is 14.9. The molecule has 7 heteroatoms. The number of rotatable bonds is 4. The number of aromatic carboxylic acids is 1. The first-order valence-corrected chi connectivity index (χ1v) is 6.06. The molecule has 106 valence electrons. The molecule has 2 amide bonds. The fourth-order valence-corrected chi connectivity index (χ4v) is 2.53. The number of carboxylic acids is 1. The third-order valence-electron chi connectivity index (χ3n) is 3.73. The Balaban J connectivity index is 2.44. The van der Waals surface area contributed by atoms with Gasteiger partial charge in [-0.1, -0.05) is 0 Å². The molecule has 0 saturated carbocycles. The van der Waals surface area contributed by atoms with Gasteiger partial charge >= 0.3 is 5.97 Å². The summed E-state index contributed by atoms with van der Waals surface area (Å²) in [7, 11) is 3.04. The van der Waals surface area contributed by atoms with E-state index in [0.717, 1.165) is 0 Å². The highest BCUT2D eigenvalue weighted by atomic mass is 16.4. The summed E-state index contributed by atoms with van der Waals surface area (Å²) in [6.07, 6.45) is 2.39. The molecule has 1 aliphatic carbocycles. The van der Waals surface area contributed by atoms with Crippen molar-refractivity contribution >= 4 is 18.3 Å². The van der Waals surface area contributed by atoms with Crippen molar-refractivity contribution in [2.75, 3.05) is 14.1 Å². The van der Waals surface area contributed by atoms with Gasteiger partial charge in [-0.25, -0.2) is 4.79 Å².